The molecule has 1 rings (SSSR count). The number of morpholine rings is 1. The Balaban J connectivity index is 2.93. The summed E-state index contributed by atoms with van der Waals surface area (Å²) < 4.78 is 43.3. The number of rotatable bonds is 0. The van der Waals surface area contributed by atoms with Crippen molar-refractivity contribution in [3.63, 3.8) is 0 Å². The molecule has 1 heterocycles. The first-order chi connectivity index (χ1) is 6.64. The maximum absolute atomic E-state index is 12.8. The van der Waals surface area contributed by atoms with Crippen molar-refractivity contribution < 1.29 is 17.9 Å². The summed E-state index contributed by atoms with van der Waals surface area (Å²) in [7, 11) is 0. The van der Waals surface area contributed by atoms with E-state index >= 15 is 0 Å². The lowest BCUT2D eigenvalue weighted by molar-refractivity contribution is -0.236. The highest BCUT2D eigenvalue weighted by atomic mass is 19.4. The van der Waals surface area contributed by atoms with Crippen LogP contribution in [0.3, 0.4) is 0 Å². The molecule has 1 aliphatic rings. The summed E-state index contributed by atoms with van der Waals surface area (Å²) >= 11 is 0. The second-order valence-corrected chi connectivity index (χ2v) is 5.02. The second-order valence-electron chi connectivity index (χ2n) is 5.02. The van der Waals surface area contributed by atoms with Crippen LogP contribution in [-0.4, -0.2) is 41.9 Å². The largest absolute Gasteiger partial charge is 0.406 e. The molecule has 0 N–H and O–H groups in total. The normalized spacial score (nSPS) is 30.6. The van der Waals surface area contributed by atoms with E-state index in [2.05, 4.69) is 0 Å². The predicted octanol–water partition coefficient (Wildman–Crippen LogP) is 2.44. The minimum absolute atomic E-state index is 0.203. The molecule has 1 saturated heterocycles. The standard InChI is InChI=1S/C10H18F3NO/c1-7-5-15-6-8(10(11,12)13)14(7)9(2,3)4/h7-8H,5-6H2,1-4H3/t7-,8+/m1/s1. The first-order valence-corrected chi connectivity index (χ1v) is 5.07. The van der Waals surface area contributed by atoms with Crippen LogP contribution in [-0.2, 0) is 4.74 Å². The van der Waals surface area contributed by atoms with Gasteiger partial charge in [0, 0.05) is 11.6 Å². The van der Waals surface area contributed by atoms with Crippen LogP contribution in [0.4, 0.5) is 13.2 Å². The van der Waals surface area contributed by atoms with Crippen molar-refractivity contribution in [1.29, 1.82) is 0 Å². The van der Waals surface area contributed by atoms with Gasteiger partial charge in [-0.05, 0) is 27.7 Å². The SMILES string of the molecule is C[C@@H]1COC[C@@H](C(F)(F)F)N1C(C)(C)C. The number of hydrogen-bond donors (Lipinski definition) is 0. The van der Waals surface area contributed by atoms with E-state index in [-0.39, 0.29) is 12.6 Å². The molecule has 0 saturated carbocycles. The van der Waals surface area contributed by atoms with E-state index in [9.17, 15) is 13.2 Å². The Morgan fingerprint density at radius 1 is 1.13 bits per heavy atom. The number of halogens is 3. The van der Waals surface area contributed by atoms with Gasteiger partial charge in [0.2, 0.25) is 0 Å². The summed E-state index contributed by atoms with van der Waals surface area (Å²) in [6.07, 6.45) is -4.22. The Kier molecular flexibility index (Phi) is 3.36. The van der Waals surface area contributed by atoms with Gasteiger partial charge in [0.05, 0.1) is 13.2 Å². The zero-order valence-corrected chi connectivity index (χ0v) is 9.56. The minimum Gasteiger partial charge on any atom is -0.378 e. The van der Waals surface area contributed by atoms with Crippen molar-refractivity contribution in [3.05, 3.63) is 0 Å². The molecule has 0 aromatic rings. The fourth-order valence-corrected chi connectivity index (χ4v) is 2.20. The first kappa shape index (κ1) is 12.8. The van der Waals surface area contributed by atoms with E-state index in [1.165, 1.54) is 4.90 Å². The Hall–Kier alpha value is -0.290. The molecule has 90 valence electrons. The zero-order chi connectivity index (χ0) is 11.9. The molecule has 5 heteroatoms. The smallest absolute Gasteiger partial charge is 0.378 e. The minimum atomic E-state index is -4.22. The number of ether oxygens (including phenoxy) is 1. The summed E-state index contributed by atoms with van der Waals surface area (Å²) in [6, 6.07) is -1.69. The lowest BCUT2D eigenvalue weighted by Crippen LogP contribution is -2.63. The molecule has 2 atom stereocenters. The maximum atomic E-state index is 12.8. The Morgan fingerprint density at radius 2 is 1.67 bits per heavy atom. The van der Waals surface area contributed by atoms with E-state index in [1.807, 2.05) is 0 Å². The maximum Gasteiger partial charge on any atom is 0.406 e. The van der Waals surface area contributed by atoms with Gasteiger partial charge in [-0.25, -0.2) is 0 Å². The fraction of sp³-hybridized carbons (Fsp3) is 1.00. The molecule has 0 amide bonds. The van der Waals surface area contributed by atoms with Crippen LogP contribution >= 0.6 is 0 Å². The van der Waals surface area contributed by atoms with Crippen LogP contribution in [0, 0.1) is 0 Å². The van der Waals surface area contributed by atoms with Gasteiger partial charge in [0.15, 0.2) is 0 Å². The summed E-state index contributed by atoms with van der Waals surface area (Å²) in [5.74, 6) is 0. The Morgan fingerprint density at radius 3 is 2.00 bits per heavy atom. The molecule has 0 spiro atoms. The summed E-state index contributed by atoms with van der Waals surface area (Å²) in [6.45, 7) is 7.27. The topological polar surface area (TPSA) is 12.5 Å². The third-order valence-electron chi connectivity index (χ3n) is 2.60. The van der Waals surface area contributed by atoms with Gasteiger partial charge < -0.3 is 4.74 Å². The molecule has 0 radical (unpaired) electrons. The van der Waals surface area contributed by atoms with E-state index in [0.717, 1.165) is 0 Å². The molecular formula is C10H18F3NO. The van der Waals surface area contributed by atoms with Crippen molar-refractivity contribution >= 4 is 0 Å². The highest BCUT2D eigenvalue weighted by molar-refractivity contribution is 4.92. The van der Waals surface area contributed by atoms with E-state index < -0.39 is 17.8 Å². The Bertz CT molecular complexity index is 222. The van der Waals surface area contributed by atoms with Crippen LogP contribution in [0.25, 0.3) is 0 Å². The highest BCUT2D eigenvalue weighted by Crippen LogP contribution is 2.33. The molecule has 0 unspecified atom stereocenters. The van der Waals surface area contributed by atoms with Crippen LogP contribution in [0.15, 0.2) is 0 Å². The van der Waals surface area contributed by atoms with Crippen LogP contribution in [0.5, 0.6) is 0 Å². The zero-order valence-electron chi connectivity index (χ0n) is 9.56. The van der Waals surface area contributed by atoms with Gasteiger partial charge in [-0.2, -0.15) is 13.2 Å². The van der Waals surface area contributed by atoms with E-state index in [1.54, 1.807) is 27.7 Å². The van der Waals surface area contributed by atoms with Gasteiger partial charge in [0.25, 0.3) is 0 Å². The van der Waals surface area contributed by atoms with Crippen molar-refractivity contribution in [2.45, 2.75) is 51.5 Å². The number of alkyl halides is 3. The van der Waals surface area contributed by atoms with Gasteiger partial charge >= 0.3 is 6.18 Å². The van der Waals surface area contributed by atoms with Crippen LogP contribution in [0.2, 0.25) is 0 Å². The average molecular weight is 225 g/mol. The molecule has 0 aromatic carbocycles. The molecule has 0 bridgehead atoms. The van der Waals surface area contributed by atoms with Gasteiger partial charge in [-0.1, -0.05) is 0 Å². The van der Waals surface area contributed by atoms with Gasteiger partial charge in [-0.3, -0.25) is 4.90 Å². The summed E-state index contributed by atoms with van der Waals surface area (Å²) in [5.41, 5.74) is -0.497. The molecule has 0 aliphatic carbocycles. The highest BCUT2D eigenvalue weighted by Gasteiger charge is 2.50. The van der Waals surface area contributed by atoms with E-state index in [4.69, 9.17) is 4.74 Å². The quantitative estimate of drug-likeness (QED) is 0.628. The third-order valence-corrected chi connectivity index (χ3v) is 2.60. The predicted molar refractivity (Wildman–Crippen MR) is 51.7 cm³/mol. The van der Waals surface area contributed by atoms with Crippen molar-refractivity contribution in [1.82, 2.24) is 4.90 Å². The monoisotopic (exact) mass is 225 g/mol. The molecule has 0 aromatic heterocycles. The molecule has 2 nitrogen and oxygen atoms in total. The average Bonchev–Trinajstić information content (AvgIpc) is 1.99. The molecular weight excluding hydrogens is 207 g/mol. The van der Waals surface area contributed by atoms with E-state index in [0.29, 0.717) is 6.61 Å². The number of hydrogen-bond acceptors (Lipinski definition) is 2. The summed E-state index contributed by atoms with van der Waals surface area (Å²) in [5, 5.41) is 0. The molecule has 1 fully saturated rings. The fourth-order valence-electron chi connectivity index (χ4n) is 2.20. The van der Waals surface area contributed by atoms with Crippen molar-refractivity contribution in [3.8, 4) is 0 Å². The Labute approximate surface area is 88.4 Å². The molecule has 15 heavy (non-hydrogen) atoms. The summed E-state index contributed by atoms with van der Waals surface area (Å²) in [4.78, 5) is 1.50. The third kappa shape index (κ3) is 2.84. The van der Waals surface area contributed by atoms with Crippen LogP contribution in [0.1, 0.15) is 27.7 Å². The first-order valence-electron chi connectivity index (χ1n) is 5.07. The number of nitrogens with zero attached hydrogens (tertiary/aromatic N) is 1. The lowest BCUT2D eigenvalue weighted by Gasteiger charge is -2.48. The molecule has 1 aliphatic heterocycles. The van der Waals surface area contributed by atoms with Crippen molar-refractivity contribution in [2.75, 3.05) is 13.2 Å². The van der Waals surface area contributed by atoms with Gasteiger partial charge in [0.1, 0.15) is 6.04 Å². The second kappa shape index (κ2) is 3.94. The lowest BCUT2D eigenvalue weighted by atomic mass is 9.98. The van der Waals surface area contributed by atoms with Gasteiger partial charge in [-0.15, -0.1) is 0 Å². The van der Waals surface area contributed by atoms with Crippen molar-refractivity contribution in [2.24, 2.45) is 0 Å². The van der Waals surface area contributed by atoms with Crippen LogP contribution < -0.4 is 0 Å².